The van der Waals surface area contributed by atoms with Crippen LogP contribution < -0.4 is 0 Å². The molecule has 0 aromatic carbocycles. The standard InChI is InChI=1S/C18H26O2S2/c1-12(2)14-4-5-17(19-6-7-20-17)16-11-18(21-8-9-22-18)13(3)10-15(14)16/h10,14-16H,1,4-9,11H2,2-3H3/t14-,15-,16+/m0/s1. The van der Waals surface area contributed by atoms with Gasteiger partial charge in [0, 0.05) is 23.8 Å². The Morgan fingerprint density at radius 3 is 2.59 bits per heavy atom. The van der Waals surface area contributed by atoms with E-state index in [1.807, 2.05) is 0 Å². The highest BCUT2D eigenvalue weighted by Crippen LogP contribution is 2.62. The maximum absolute atomic E-state index is 6.22. The quantitative estimate of drug-likeness (QED) is 0.656. The molecular weight excluding hydrogens is 312 g/mol. The lowest BCUT2D eigenvalue weighted by atomic mass is 9.62. The van der Waals surface area contributed by atoms with E-state index in [4.69, 9.17) is 9.47 Å². The Bertz CT molecular complexity index is 501. The molecule has 0 aromatic heterocycles. The van der Waals surface area contributed by atoms with Crippen molar-refractivity contribution in [3.8, 4) is 0 Å². The van der Waals surface area contributed by atoms with E-state index in [0.717, 1.165) is 26.1 Å². The van der Waals surface area contributed by atoms with Crippen molar-refractivity contribution in [2.45, 2.75) is 43.0 Å². The average Bonchev–Trinajstić information content (AvgIpc) is 3.12. The lowest BCUT2D eigenvalue weighted by molar-refractivity contribution is -0.230. The van der Waals surface area contributed by atoms with Crippen LogP contribution in [0.5, 0.6) is 0 Å². The van der Waals surface area contributed by atoms with Crippen LogP contribution in [0, 0.1) is 17.8 Å². The third-order valence-electron chi connectivity index (χ3n) is 5.99. The Labute approximate surface area is 142 Å². The van der Waals surface area contributed by atoms with Crippen molar-refractivity contribution in [2.75, 3.05) is 24.7 Å². The van der Waals surface area contributed by atoms with Gasteiger partial charge in [0.1, 0.15) is 0 Å². The van der Waals surface area contributed by atoms with Gasteiger partial charge in [-0.15, -0.1) is 23.5 Å². The highest BCUT2D eigenvalue weighted by atomic mass is 32.2. The van der Waals surface area contributed by atoms with Crippen molar-refractivity contribution in [2.24, 2.45) is 17.8 Å². The summed E-state index contributed by atoms with van der Waals surface area (Å²) in [5.74, 6) is 3.83. The first-order valence-electron chi connectivity index (χ1n) is 8.46. The van der Waals surface area contributed by atoms with Crippen LogP contribution in [0.3, 0.4) is 0 Å². The molecule has 22 heavy (non-hydrogen) atoms. The summed E-state index contributed by atoms with van der Waals surface area (Å²) in [5, 5.41) is 0. The van der Waals surface area contributed by atoms with Gasteiger partial charge in [0.05, 0.1) is 17.3 Å². The molecule has 4 rings (SSSR count). The number of hydrogen-bond acceptors (Lipinski definition) is 4. The highest BCUT2D eigenvalue weighted by molar-refractivity contribution is 8.21. The van der Waals surface area contributed by atoms with Gasteiger partial charge in [-0.1, -0.05) is 23.8 Å². The smallest absolute Gasteiger partial charge is 0.171 e. The fourth-order valence-electron chi connectivity index (χ4n) is 4.90. The summed E-state index contributed by atoms with van der Waals surface area (Å²) in [7, 11) is 0. The van der Waals surface area contributed by atoms with E-state index in [1.165, 1.54) is 23.5 Å². The van der Waals surface area contributed by atoms with Gasteiger partial charge in [-0.25, -0.2) is 0 Å². The maximum Gasteiger partial charge on any atom is 0.171 e. The molecule has 0 bridgehead atoms. The van der Waals surface area contributed by atoms with Crippen molar-refractivity contribution in [3.63, 3.8) is 0 Å². The van der Waals surface area contributed by atoms with Crippen molar-refractivity contribution in [1.29, 1.82) is 0 Å². The van der Waals surface area contributed by atoms with Crippen LogP contribution in [0.1, 0.15) is 33.1 Å². The fraction of sp³-hybridized carbons (Fsp3) is 0.778. The molecule has 1 saturated carbocycles. The number of ether oxygens (including phenoxy) is 2. The maximum atomic E-state index is 6.22. The molecule has 122 valence electrons. The summed E-state index contributed by atoms with van der Waals surface area (Å²) in [6.07, 6.45) is 5.93. The predicted molar refractivity (Wildman–Crippen MR) is 95.2 cm³/mol. The predicted octanol–water partition coefficient (Wildman–Crippen LogP) is 4.47. The summed E-state index contributed by atoms with van der Waals surface area (Å²) in [6.45, 7) is 10.3. The van der Waals surface area contributed by atoms with Gasteiger partial charge in [-0.2, -0.15) is 0 Å². The van der Waals surface area contributed by atoms with Crippen LogP contribution in [-0.2, 0) is 9.47 Å². The van der Waals surface area contributed by atoms with Crippen molar-refractivity contribution < 1.29 is 9.47 Å². The van der Waals surface area contributed by atoms with Gasteiger partial charge in [-0.3, -0.25) is 0 Å². The van der Waals surface area contributed by atoms with E-state index in [2.05, 4.69) is 50.0 Å². The number of fused-ring (bicyclic) bond motifs is 2. The van der Waals surface area contributed by atoms with Crippen LogP contribution in [-0.4, -0.2) is 34.6 Å². The zero-order valence-electron chi connectivity index (χ0n) is 13.6. The Hall–Kier alpha value is 0.100. The lowest BCUT2D eigenvalue weighted by Crippen LogP contribution is -2.53. The van der Waals surface area contributed by atoms with Crippen LogP contribution in [0.15, 0.2) is 23.8 Å². The lowest BCUT2D eigenvalue weighted by Gasteiger charge is -2.52. The Morgan fingerprint density at radius 2 is 1.95 bits per heavy atom. The van der Waals surface area contributed by atoms with E-state index >= 15 is 0 Å². The minimum atomic E-state index is -0.315. The molecule has 2 nitrogen and oxygen atoms in total. The van der Waals surface area contributed by atoms with Crippen LogP contribution in [0.4, 0.5) is 0 Å². The van der Waals surface area contributed by atoms with E-state index in [1.54, 1.807) is 5.57 Å². The fourth-order valence-corrected chi connectivity index (χ4v) is 8.25. The Morgan fingerprint density at radius 1 is 1.27 bits per heavy atom. The van der Waals surface area contributed by atoms with E-state index in [9.17, 15) is 0 Å². The molecule has 0 N–H and O–H groups in total. The number of allylic oxidation sites excluding steroid dienone is 2. The van der Waals surface area contributed by atoms with Crippen molar-refractivity contribution >= 4 is 23.5 Å². The molecule has 4 heteroatoms. The zero-order valence-corrected chi connectivity index (χ0v) is 15.2. The zero-order chi connectivity index (χ0) is 15.4. The third-order valence-corrected chi connectivity index (χ3v) is 9.68. The molecule has 2 aliphatic heterocycles. The number of rotatable bonds is 1. The first-order chi connectivity index (χ1) is 10.6. The van der Waals surface area contributed by atoms with Gasteiger partial charge < -0.3 is 9.47 Å². The molecule has 0 radical (unpaired) electrons. The van der Waals surface area contributed by atoms with Gasteiger partial charge in [0.15, 0.2) is 5.79 Å². The molecule has 2 aliphatic carbocycles. The summed E-state index contributed by atoms with van der Waals surface area (Å²) in [6, 6.07) is 0. The van der Waals surface area contributed by atoms with Gasteiger partial charge >= 0.3 is 0 Å². The first-order valence-corrected chi connectivity index (χ1v) is 10.4. The minimum absolute atomic E-state index is 0.278. The second kappa shape index (κ2) is 5.58. The van der Waals surface area contributed by atoms with E-state index in [-0.39, 0.29) is 9.87 Å². The Kier molecular flexibility index (Phi) is 3.96. The minimum Gasteiger partial charge on any atom is -0.347 e. The topological polar surface area (TPSA) is 18.5 Å². The average molecular weight is 339 g/mol. The molecule has 3 fully saturated rings. The largest absolute Gasteiger partial charge is 0.347 e. The van der Waals surface area contributed by atoms with Crippen LogP contribution in [0.25, 0.3) is 0 Å². The molecule has 2 heterocycles. The molecule has 0 amide bonds. The second-order valence-corrected chi connectivity index (χ2v) is 10.2. The Balaban J connectivity index is 1.74. The molecule has 2 saturated heterocycles. The monoisotopic (exact) mass is 338 g/mol. The summed E-state index contributed by atoms with van der Waals surface area (Å²) in [5.41, 5.74) is 2.90. The summed E-state index contributed by atoms with van der Waals surface area (Å²) in [4.78, 5) is 0. The number of hydrogen-bond donors (Lipinski definition) is 0. The molecule has 0 aromatic rings. The molecule has 3 atom stereocenters. The molecule has 4 aliphatic rings. The number of thioether (sulfide) groups is 2. The van der Waals surface area contributed by atoms with E-state index in [0.29, 0.717) is 17.8 Å². The SMILES string of the molecule is C=C(C)[C@@H]1CCC2(OCCO2)[C@@H]2CC3(SCCS3)C(C)=C[C@H]21. The van der Waals surface area contributed by atoms with E-state index < -0.39 is 0 Å². The normalized spacial score (nSPS) is 39.0. The van der Waals surface area contributed by atoms with Crippen molar-refractivity contribution in [3.05, 3.63) is 23.8 Å². The van der Waals surface area contributed by atoms with Gasteiger partial charge in [0.25, 0.3) is 0 Å². The summed E-state index contributed by atoms with van der Waals surface area (Å²) >= 11 is 4.28. The first kappa shape index (κ1) is 15.6. The third kappa shape index (κ3) is 2.25. The van der Waals surface area contributed by atoms with Crippen LogP contribution >= 0.6 is 23.5 Å². The van der Waals surface area contributed by atoms with Gasteiger partial charge in [-0.05, 0) is 38.5 Å². The van der Waals surface area contributed by atoms with Gasteiger partial charge in [0.2, 0.25) is 0 Å². The second-order valence-electron chi connectivity index (χ2n) is 7.19. The summed E-state index contributed by atoms with van der Waals surface area (Å²) < 4.78 is 12.7. The molecular formula is C18H26O2S2. The molecule has 0 unspecified atom stereocenters. The van der Waals surface area contributed by atoms with Crippen LogP contribution in [0.2, 0.25) is 0 Å². The molecule has 2 spiro atoms. The van der Waals surface area contributed by atoms with Crippen molar-refractivity contribution in [1.82, 2.24) is 0 Å². The highest BCUT2D eigenvalue weighted by Gasteiger charge is 2.58.